The van der Waals surface area contributed by atoms with Gasteiger partial charge in [0.1, 0.15) is 0 Å². The summed E-state index contributed by atoms with van der Waals surface area (Å²) in [6.07, 6.45) is 0.956. The number of pyridine rings is 1. The maximum absolute atomic E-state index is 10.9. The zero-order valence-corrected chi connectivity index (χ0v) is 13.9. The Morgan fingerprint density at radius 3 is 2.24 bits per heavy atom. The smallest absolute Gasteiger partial charge is 0.307 e. The molecule has 8 heteroatoms. The molecule has 0 aliphatic heterocycles. The summed E-state index contributed by atoms with van der Waals surface area (Å²) in [6.45, 7) is 0. The molecule has 0 fully saturated rings. The van der Waals surface area contributed by atoms with Gasteiger partial charge >= 0.3 is 5.97 Å². The van der Waals surface area contributed by atoms with Crippen molar-refractivity contribution in [1.82, 2.24) is 4.98 Å². The van der Waals surface area contributed by atoms with Crippen LogP contribution in [0.4, 0.5) is 0 Å². The minimum Gasteiger partial charge on any atom is -0.481 e. The molecule has 21 heavy (non-hydrogen) atoms. The van der Waals surface area contributed by atoms with E-state index in [0.717, 1.165) is 0 Å². The molecule has 1 aromatic heterocycles. The van der Waals surface area contributed by atoms with Crippen LogP contribution in [0.25, 0.3) is 11.3 Å². The van der Waals surface area contributed by atoms with Crippen LogP contribution in [0.15, 0.2) is 18.3 Å². The molecule has 0 saturated heterocycles. The first-order chi connectivity index (χ1) is 9.82. The number of carboxylic acids is 1. The van der Waals surface area contributed by atoms with Crippen LogP contribution >= 0.6 is 58.0 Å². The number of aliphatic carboxylic acids is 1. The van der Waals surface area contributed by atoms with Crippen LogP contribution in [0.3, 0.4) is 0 Å². The van der Waals surface area contributed by atoms with Crippen molar-refractivity contribution in [3.8, 4) is 11.3 Å². The van der Waals surface area contributed by atoms with Crippen LogP contribution < -0.4 is 0 Å². The van der Waals surface area contributed by atoms with E-state index in [4.69, 9.17) is 63.1 Å². The third-order valence-corrected chi connectivity index (χ3v) is 4.53. The molecule has 0 radical (unpaired) electrons. The SMILES string of the molecule is O=C(O)Cc1c(Cl)cnc(-c2c(Cl)ccc(Cl)c2Cl)c1Cl. The number of benzene rings is 1. The molecular formula is C13H6Cl5NO2. The summed E-state index contributed by atoms with van der Waals surface area (Å²) in [7, 11) is 0. The first kappa shape index (κ1) is 16.7. The Labute approximate surface area is 145 Å². The highest BCUT2D eigenvalue weighted by molar-refractivity contribution is 6.47. The summed E-state index contributed by atoms with van der Waals surface area (Å²) in [6, 6.07) is 3.09. The maximum Gasteiger partial charge on any atom is 0.307 e. The molecule has 0 unspecified atom stereocenters. The summed E-state index contributed by atoms with van der Waals surface area (Å²) in [5, 5.41) is 9.91. The zero-order valence-electron chi connectivity index (χ0n) is 10.1. The molecule has 1 heterocycles. The van der Waals surface area contributed by atoms with Gasteiger partial charge in [0.15, 0.2) is 0 Å². The predicted molar refractivity (Wildman–Crippen MR) is 86.1 cm³/mol. The Morgan fingerprint density at radius 1 is 1.00 bits per heavy atom. The normalized spacial score (nSPS) is 10.7. The number of nitrogens with zero attached hydrogens (tertiary/aromatic N) is 1. The molecule has 0 atom stereocenters. The summed E-state index contributed by atoms with van der Waals surface area (Å²) >= 11 is 30.4. The second kappa shape index (κ2) is 6.59. The van der Waals surface area contributed by atoms with Gasteiger partial charge in [-0.2, -0.15) is 0 Å². The quantitative estimate of drug-likeness (QED) is 0.695. The molecule has 2 aromatic rings. The molecule has 0 bridgehead atoms. The van der Waals surface area contributed by atoms with Gasteiger partial charge in [0.25, 0.3) is 0 Å². The zero-order chi connectivity index (χ0) is 15.7. The molecule has 3 nitrogen and oxygen atoms in total. The topological polar surface area (TPSA) is 50.2 Å². The first-order valence-electron chi connectivity index (χ1n) is 5.51. The van der Waals surface area contributed by atoms with Crippen molar-refractivity contribution in [2.45, 2.75) is 6.42 Å². The van der Waals surface area contributed by atoms with Gasteiger partial charge in [-0.05, 0) is 12.1 Å². The van der Waals surface area contributed by atoms with Crippen LogP contribution in [0.2, 0.25) is 25.1 Å². The van der Waals surface area contributed by atoms with Gasteiger partial charge in [-0.25, -0.2) is 0 Å². The molecule has 0 spiro atoms. The van der Waals surface area contributed by atoms with Crippen molar-refractivity contribution in [3.05, 3.63) is 49.0 Å². The average Bonchev–Trinajstić information content (AvgIpc) is 2.41. The number of carboxylic acid groups (broad SMARTS) is 1. The summed E-state index contributed by atoms with van der Waals surface area (Å²) < 4.78 is 0. The largest absolute Gasteiger partial charge is 0.481 e. The molecule has 110 valence electrons. The second-order valence-corrected chi connectivity index (χ2v) is 6.01. The van der Waals surface area contributed by atoms with E-state index >= 15 is 0 Å². The number of hydrogen-bond acceptors (Lipinski definition) is 2. The van der Waals surface area contributed by atoms with Crippen LogP contribution in [-0.4, -0.2) is 16.1 Å². The average molecular weight is 385 g/mol. The lowest BCUT2D eigenvalue weighted by Gasteiger charge is -2.12. The predicted octanol–water partition coefficient (Wildman–Crippen LogP) is 5.64. The van der Waals surface area contributed by atoms with Crippen LogP contribution in [0.1, 0.15) is 5.56 Å². The number of carbonyl (C=O) groups is 1. The number of hydrogen-bond donors (Lipinski definition) is 1. The fraction of sp³-hybridized carbons (Fsp3) is 0.0769. The van der Waals surface area contributed by atoms with Crippen molar-refractivity contribution in [2.75, 3.05) is 0 Å². The van der Waals surface area contributed by atoms with Crippen molar-refractivity contribution in [3.63, 3.8) is 0 Å². The van der Waals surface area contributed by atoms with E-state index in [0.29, 0.717) is 10.6 Å². The molecule has 1 N–H and O–H groups in total. The van der Waals surface area contributed by atoms with Crippen molar-refractivity contribution in [1.29, 1.82) is 0 Å². The molecule has 1 aromatic carbocycles. The Kier molecular flexibility index (Phi) is 5.23. The highest BCUT2D eigenvalue weighted by Crippen LogP contribution is 2.42. The van der Waals surface area contributed by atoms with Gasteiger partial charge in [-0.15, -0.1) is 0 Å². The van der Waals surface area contributed by atoms with Crippen LogP contribution in [-0.2, 0) is 11.2 Å². The van der Waals surface area contributed by atoms with Gasteiger partial charge in [-0.1, -0.05) is 58.0 Å². The maximum atomic E-state index is 10.9. The highest BCUT2D eigenvalue weighted by atomic mass is 35.5. The van der Waals surface area contributed by atoms with Gasteiger partial charge in [0.2, 0.25) is 0 Å². The fourth-order valence-corrected chi connectivity index (χ4v) is 3.01. The highest BCUT2D eigenvalue weighted by Gasteiger charge is 2.20. The third-order valence-electron chi connectivity index (χ3n) is 2.68. The summed E-state index contributed by atoms with van der Waals surface area (Å²) in [5.41, 5.74) is 0.803. The Bertz CT molecular complexity index is 733. The van der Waals surface area contributed by atoms with Crippen LogP contribution in [0, 0.1) is 0 Å². The van der Waals surface area contributed by atoms with E-state index in [1.165, 1.54) is 12.3 Å². The van der Waals surface area contributed by atoms with Crippen LogP contribution in [0.5, 0.6) is 0 Å². The Hall–Kier alpha value is -0.710. The lowest BCUT2D eigenvalue weighted by Crippen LogP contribution is -2.03. The van der Waals surface area contributed by atoms with Crippen molar-refractivity contribution >= 4 is 64.0 Å². The van der Waals surface area contributed by atoms with Gasteiger partial charge in [0, 0.05) is 17.3 Å². The molecule has 0 aliphatic rings. The minimum absolute atomic E-state index is 0.0796. The summed E-state index contributed by atoms with van der Waals surface area (Å²) in [5.74, 6) is -1.07. The number of rotatable bonds is 3. The molecule has 0 amide bonds. The second-order valence-electron chi connectivity index (χ2n) is 4.04. The number of aromatic nitrogens is 1. The molecule has 2 rings (SSSR count). The molecule has 0 aliphatic carbocycles. The minimum atomic E-state index is -1.07. The standard InChI is InChI=1S/C13H6Cl5NO2/c14-6-1-2-7(15)12(18)10(6)13-11(17)5(3-9(20)21)8(16)4-19-13/h1-2,4H,3H2,(H,20,21). The first-order valence-corrected chi connectivity index (χ1v) is 7.40. The number of halogens is 5. The monoisotopic (exact) mass is 383 g/mol. The van der Waals surface area contributed by atoms with E-state index in [1.807, 2.05) is 0 Å². The van der Waals surface area contributed by atoms with Crippen molar-refractivity contribution < 1.29 is 9.90 Å². The van der Waals surface area contributed by atoms with E-state index in [1.54, 1.807) is 6.07 Å². The Morgan fingerprint density at radius 2 is 1.62 bits per heavy atom. The van der Waals surface area contributed by atoms with E-state index in [2.05, 4.69) is 4.98 Å². The lowest BCUT2D eigenvalue weighted by molar-refractivity contribution is -0.136. The fourth-order valence-electron chi connectivity index (χ4n) is 1.74. The third kappa shape index (κ3) is 3.38. The summed E-state index contributed by atoms with van der Waals surface area (Å²) in [4.78, 5) is 15.0. The Balaban J connectivity index is 2.72. The van der Waals surface area contributed by atoms with E-state index in [9.17, 15) is 4.79 Å². The molecule has 0 saturated carbocycles. The van der Waals surface area contributed by atoms with Gasteiger partial charge in [-0.3, -0.25) is 9.78 Å². The lowest BCUT2D eigenvalue weighted by atomic mass is 10.1. The van der Waals surface area contributed by atoms with E-state index < -0.39 is 5.97 Å². The van der Waals surface area contributed by atoms with Crippen molar-refractivity contribution in [2.24, 2.45) is 0 Å². The van der Waals surface area contributed by atoms with Gasteiger partial charge in [0.05, 0.1) is 37.2 Å². The van der Waals surface area contributed by atoms with Gasteiger partial charge < -0.3 is 5.11 Å². The molecular weight excluding hydrogens is 379 g/mol. The van der Waals surface area contributed by atoms with E-state index in [-0.39, 0.29) is 37.8 Å².